The third-order valence-corrected chi connectivity index (χ3v) is 7.72. The lowest BCUT2D eigenvalue weighted by atomic mass is 10.0. The molecule has 3 rings (SSSR count). The molecule has 0 fully saturated rings. The van der Waals surface area contributed by atoms with Gasteiger partial charge in [-0.3, -0.25) is 4.79 Å². The van der Waals surface area contributed by atoms with E-state index in [0.717, 1.165) is 19.3 Å². The number of fused-ring (bicyclic) bond motifs is 1. The normalized spacial score (nSPS) is 11.3. The lowest BCUT2D eigenvalue weighted by Crippen LogP contribution is -2.14. The van der Waals surface area contributed by atoms with Gasteiger partial charge in [0.15, 0.2) is 17.2 Å². The number of aryl methyl sites for hydroxylation is 1. The molecule has 0 unspecified atom stereocenters. The van der Waals surface area contributed by atoms with Crippen molar-refractivity contribution in [3.63, 3.8) is 0 Å². The van der Waals surface area contributed by atoms with Gasteiger partial charge in [-0.25, -0.2) is 0 Å². The first-order valence-corrected chi connectivity index (χ1v) is 15.0. The summed E-state index contributed by atoms with van der Waals surface area (Å²) < 4.78 is 12.5. The molecule has 0 spiro atoms. The SMILES string of the molecule is CCCCCCCCCCCCCCCCn1c(-c2ccc(O)c(OC)c2)c(O)c(=O)c2c(O)cc(OC)cc21. The van der Waals surface area contributed by atoms with Crippen LogP contribution in [0.25, 0.3) is 22.2 Å². The average molecular weight is 554 g/mol. The van der Waals surface area contributed by atoms with Gasteiger partial charge in [-0.2, -0.15) is 0 Å². The van der Waals surface area contributed by atoms with E-state index in [1.54, 1.807) is 18.2 Å². The zero-order valence-corrected chi connectivity index (χ0v) is 24.5. The van der Waals surface area contributed by atoms with Gasteiger partial charge in [0, 0.05) is 24.2 Å². The summed E-state index contributed by atoms with van der Waals surface area (Å²) in [6.45, 7) is 2.79. The Balaban J connectivity index is 1.68. The van der Waals surface area contributed by atoms with Crippen molar-refractivity contribution in [2.24, 2.45) is 0 Å². The van der Waals surface area contributed by atoms with Crippen molar-refractivity contribution < 1.29 is 24.8 Å². The van der Waals surface area contributed by atoms with Crippen LogP contribution in [0.5, 0.6) is 28.7 Å². The van der Waals surface area contributed by atoms with Crippen LogP contribution in [0.3, 0.4) is 0 Å². The van der Waals surface area contributed by atoms with E-state index in [1.165, 1.54) is 97.0 Å². The molecule has 0 radical (unpaired) electrons. The van der Waals surface area contributed by atoms with Crippen molar-refractivity contribution in [2.75, 3.05) is 14.2 Å². The van der Waals surface area contributed by atoms with E-state index in [-0.39, 0.29) is 22.6 Å². The number of nitrogens with zero attached hydrogens (tertiary/aromatic N) is 1. The van der Waals surface area contributed by atoms with Crippen molar-refractivity contribution in [1.29, 1.82) is 0 Å². The summed E-state index contributed by atoms with van der Waals surface area (Å²) in [5.74, 6) is -0.0722. The maximum absolute atomic E-state index is 13.2. The minimum atomic E-state index is -0.658. The standard InChI is InChI=1S/C33H47NO6/c1-4-5-6-7-8-9-10-11-12-13-14-15-16-17-20-34-26-22-25(39-2)23-28(36)30(26)32(37)33(38)31(34)24-18-19-27(35)29(21-24)40-3/h18-19,21-23,35-36,38H,4-17,20H2,1-3H3. The molecule has 0 aliphatic carbocycles. The number of methoxy groups -OCH3 is 2. The third-order valence-electron chi connectivity index (χ3n) is 7.72. The van der Waals surface area contributed by atoms with Gasteiger partial charge in [-0.05, 0) is 24.6 Å². The minimum absolute atomic E-state index is 0.0355. The van der Waals surface area contributed by atoms with E-state index >= 15 is 0 Å². The molecule has 7 nitrogen and oxygen atoms in total. The summed E-state index contributed by atoms with van der Waals surface area (Å²) in [7, 11) is 2.95. The molecular weight excluding hydrogens is 506 g/mol. The van der Waals surface area contributed by atoms with Crippen molar-refractivity contribution >= 4 is 10.9 Å². The minimum Gasteiger partial charge on any atom is -0.507 e. The van der Waals surface area contributed by atoms with E-state index in [2.05, 4.69) is 6.92 Å². The Morgan fingerprint density at radius 1 is 0.700 bits per heavy atom. The number of ether oxygens (including phenoxy) is 2. The Kier molecular flexibility index (Phi) is 12.5. The Hall–Kier alpha value is -3.35. The number of pyridine rings is 1. The average Bonchev–Trinajstić information content (AvgIpc) is 2.95. The van der Waals surface area contributed by atoms with Crippen molar-refractivity contribution in [2.45, 2.75) is 103 Å². The Morgan fingerprint density at radius 2 is 1.27 bits per heavy atom. The zero-order chi connectivity index (χ0) is 28.9. The van der Waals surface area contributed by atoms with Crippen LogP contribution in [-0.4, -0.2) is 34.1 Å². The maximum atomic E-state index is 13.2. The van der Waals surface area contributed by atoms with Crippen molar-refractivity contribution in [3.05, 3.63) is 40.6 Å². The van der Waals surface area contributed by atoms with Gasteiger partial charge in [0.05, 0.1) is 30.8 Å². The molecule has 1 heterocycles. The topological polar surface area (TPSA) is 101 Å². The van der Waals surface area contributed by atoms with Crippen molar-refractivity contribution in [3.8, 4) is 40.0 Å². The van der Waals surface area contributed by atoms with Crippen molar-refractivity contribution in [1.82, 2.24) is 4.57 Å². The highest BCUT2D eigenvalue weighted by molar-refractivity contribution is 5.91. The summed E-state index contributed by atoms with van der Waals surface area (Å²) in [5.41, 5.74) is 0.669. The molecule has 0 bridgehead atoms. The molecule has 0 aliphatic heterocycles. The fourth-order valence-corrected chi connectivity index (χ4v) is 5.44. The summed E-state index contributed by atoms with van der Waals surface area (Å²) in [5, 5.41) is 31.8. The predicted molar refractivity (Wildman–Crippen MR) is 162 cm³/mol. The molecule has 7 heteroatoms. The fraction of sp³-hybridized carbons (Fsp3) is 0.545. The van der Waals surface area contributed by atoms with Gasteiger partial charge in [0.25, 0.3) is 0 Å². The molecule has 1 aromatic heterocycles. The smallest absolute Gasteiger partial charge is 0.235 e. The first-order chi connectivity index (χ1) is 19.4. The number of rotatable bonds is 18. The fourth-order valence-electron chi connectivity index (χ4n) is 5.44. The number of phenols is 2. The molecule has 220 valence electrons. The van der Waals surface area contributed by atoms with Crippen LogP contribution in [0, 0.1) is 0 Å². The molecule has 0 amide bonds. The maximum Gasteiger partial charge on any atom is 0.235 e. The third kappa shape index (κ3) is 8.09. The number of phenolic OH excluding ortho intramolecular Hbond substituents is 2. The van der Waals surface area contributed by atoms with E-state index in [9.17, 15) is 20.1 Å². The monoisotopic (exact) mass is 553 g/mol. The van der Waals surface area contributed by atoms with Crippen LogP contribution in [0.4, 0.5) is 0 Å². The molecule has 3 aromatic rings. The molecule has 0 atom stereocenters. The predicted octanol–water partition coefficient (Wildman–Crippen LogP) is 8.28. The van der Waals surface area contributed by atoms with E-state index in [4.69, 9.17) is 9.47 Å². The molecule has 0 aliphatic rings. The Labute approximate surface area is 238 Å². The van der Waals surface area contributed by atoms with Gasteiger partial charge < -0.3 is 29.4 Å². The molecule has 3 N–H and O–H groups in total. The second kappa shape index (κ2) is 16.0. The summed E-state index contributed by atoms with van der Waals surface area (Å²) >= 11 is 0. The number of benzene rings is 2. The summed E-state index contributed by atoms with van der Waals surface area (Å²) in [6, 6.07) is 7.80. The lowest BCUT2D eigenvalue weighted by Gasteiger charge is -2.20. The summed E-state index contributed by atoms with van der Waals surface area (Å²) in [6.07, 6.45) is 17.5. The molecule has 2 aromatic carbocycles. The molecule has 40 heavy (non-hydrogen) atoms. The second-order valence-electron chi connectivity index (χ2n) is 10.7. The highest BCUT2D eigenvalue weighted by Gasteiger charge is 2.22. The molecule has 0 saturated heterocycles. The van der Waals surface area contributed by atoms with Crippen LogP contribution in [0.15, 0.2) is 35.1 Å². The Bertz CT molecular complexity index is 1280. The van der Waals surface area contributed by atoms with E-state index in [0.29, 0.717) is 29.1 Å². The number of hydrogen-bond donors (Lipinski definition) is 3. The number of aromatic nitrogens is 1. The number of unbranched alkanes of at least 4 members (excludes halogenated alkanes) is 13. The zero-order valence-electron chi connectivity index (χ0n) is 24.5. The van der Waals surface area contributed by atoms with Gasteiger partial charge in [-0.1, -0.05) is 90.4 Å². The second-order valence-corrected chi connectivity index (χ2v) is 10.7. The van der Waals surface area contributed by atoms with Gasteiger partial charge in [0.1, 0.15) is 11.5 Å². The van der Waals surface area contributed by atoms with Gasteiger partial charge >= 0.3 is 0 Å². The first-order valence-electron chi connectivity index (χ1n) is 15.0. The van der Waals surface area contributed by atoms with Crippen LogP contribution >= 0.6 is 0 Å². The lowest BCUT2D eigenvalue weighted by molar-refractivity contribution is 0.373. The number of aromatic hydroxyl groups is 3. The first kappa shape index (κ1) is 31.2. The highest BCUT2D eigenvalue weighted by Crippen LogP contribution is 2.38. The largest absolute Gasteiger partial charge is 0.507 e. The van der Waals surface area contributed by atoms with E-state index in [1.807, 2.05) is 4.57 Å². The van der Waals surface area contributed by atoms with Gasteiger partial charge in [-0.15, -0.1) is 0 Å². The van der Waals surface area contributed by atoms with Gasteiger partial charge in [0.2, 0.25) is 5.43 Å². The van der Waals surface area contributed by atoms with Crippen LogP contribution in [0.2, 0.25) is 0 Å². The molecular formula is C33H47NO6. The number of hydrogen-bond acceptors (Lipinski definition) is 6. The summed E-state index contributed by atoms with van der Waals surface area (Å²) in [4.78, 5) is 13.2. The quantitative estimate of drug-likeness (QED) is 0.137. The van der Waals surface area contributed by atoms with E-state index < -0.39 is 11.2 Å². The Morgan fingerprint density at radius 3 is 1.82 bits per heavy atom. The van der Waals surface area contributed by atoms with Crippen LogP contribution < -0.4 is 14.9 Å². The highest BCUT2D eigenvalue weighted by atomic mass is 16.5. The van der Waals surface area contributed by atoms with Crippen LogP contribution in [-0.2, 0) is 6.54 Å². The van der Waals surface area contributed by atoms with Crippen LogP contribution in [0.1, 0.15) is 96.8 Å². The molecule has 0 saturated carbocycles.